The number of carbonyl (C=O) groups is 2. The molecule has 2 aromatic rings. The van der Waals surface area contributed by atoms with Gasteiger partial charge in [0, 0.05) is 18.3 Å². The normalized spacial score (nSPS) is 10.0. The molecule has 0 radical (unpaired) electrons. The number of carbonyl (C=O) groups excluding carboxylic acids is 2. The molecule has 0 atom stereocenters. The monoisotopic (exact) mass is 349 g/mol. The van der Waals surface area contributed by atoms with E-state index >= 15 is 0 Å². The standard InChI is InChI=1S/C16H13Cl2N3O2/c1-2-7-20-16(23)13-9-10(6-8-19-13)15(22)21-12-5-3-4-11(17)14(12)18/h2-6,8-9H,1,7H2,(H,20,23)(H,21,22). The first-order chi connectivity index (χ1) is 11.0. The van der Waals surface area contributed by atoms with Crippen molar-refractivity contribution in [3.8, 4) is 0 Å². The van der Waals surface area contributed by atoms with Gasteiger partial charge >= 0.3 is 0 Å². The maximum absolute atomic E-state index is 12.3. The maximum Gasteiger partial charge on any atom is 0.270 e. The van der Waals surface area contributed by atoms with Crippen molar-refractivity contribution in [1.82, 2.24) is 10.3 Å². The second-order valence-electron chi connectivity index (χ2n) is 4.48. The molecule has 5 nitrogen and oxygen atoms in total. The lowest BCUT2D eigenvalue weighted by Crippen LogP contribution is -2.24. The average Bonchev–Trinajstić information content (AvgIpc) is 2.57. The Morgan fingerprint density at radius 3 is 2.74 bits per heavy atom. The van der Waals surface area contributed by atoms with E-state index in [4.69, 9.17) is 23.2 Å². The summed E-state index contributed by atoms with van der Waals surface area (Å²) in [6.45, 7) is 3.83. The number of rotatable bonds is 5. The van der Waals surface area contributed by atoms with Crippen LogP contribution < -0.4 is 10.6 Å². The summed E-state index contributed by atoms with van der Waals surface area (Å²) in [4.78, 5) is 28.1. The molecule has 2 amide bonds. The predicted octanol–water partition coefficient (Wildman–Crippen LogP) is 3.56. The van der Waals surface area contributed by atoms with Crippen molar-refractivity contribution in [2.24, 2.45) is 0 Å². The van der Waals surface area contributed by atoms with Crippen LogP contribution in [0.5, 0.6) is 0 Å². The van der Waals surface area contributed by atoms with E-state index in [1.165, 1.54) is 18.3 Å². The Bertz CT molecular complexity index is 763. The van der Waals surface area contributed by atoms with Gasteiger partial charge in [-0.15, -0.1) is 6.58 Å². The Labute approximate surface area is 143 Å². The van der Waals surface area contributed by atoms with Crippen LogP contribution in [0.2, 0.25) is 10.0 Å². The van der Waals surface area contributed by atoms with Gasteiger partial charge in [-0.25, -0.2) is 0 Å². The van der Waals surface area contributed by atoms with Crippen LogP contribution in [-0.4, -0.2) is 23.3 Å². The largest absolute Gasteiger partial charge is 0.347 e. The highest BCUT2D eigenvalue weighted by atomic mass is 35.5. The summed E-state index contributed by atoms with van der Waals surface area (Å²) in [5.74, 6) is -0.810. The van der Waals surface area contributed by atoms with E-state index in [1.807, 2.05) is 0 Å². The van der Waals surface area contributed by atoms with Gasteiger partial charge in [-0.2, -0.15) is 0 Å². The van der Waals surface area contributed by atoms with E-state index in [9.17, 15) is 9.59 Å². The fraction of sp³-hybridized carbons (Fsp3) is 0.0625. The summed E-state index contributed by atoms with van der Waals surface area (Å²) in [5, 5.41) is 5.82. The van der Waals surface area contributed by atoms with Gasteiger partial charge in [-0.05, 0) is 24.3 Å². The molecule has 1 heterocycles. The molecule has 118 valence electrons. The first-order valence-corrected chi connectivity index (χ1v) is 7.39. The van der Waals surface area contributed by atoms with Gasteiger partial charge in [0.25, 0.3) is 11.8 Å². The fourth-order valence-electron chi connectivity index (χ4n) is 1.75. The zero-order valence-corrected chi connectivity index (χ0v) is 13.5. The van der Waals surface area contributed by atoms with Crippen LogP contribution in [0.25, 0.3) is 0 Å². The molecule has 23 heavy (non-hydrogen) atoms. The minimum atomic E-state index is -0.422. The molecule has 2 N–H and O–H groups in total. The van der Waals surface area contributed by atoms with Crippen molar-refractivity contribution < 1.29 is 9.59 Å². The van der Waals surface area contributed by atoms with Gasteiger partial charge in [0.2, 0.25) is 0 Å². The zero-order chi connectivity index (χ0) is 16.8. The number of hydrogen-bond acceptors (Lipinski definition) is 3. The van der Waals surface area contributed by atoms with Crippen molar-refractivity contribution in [1.29, 1.82) is 0 Å². The molecular weight excluding hydrogens is 337 g/mol. The van der Waals surface area contributed by atoms with Crippen LogP contribution in [0.15, 0.2) is 49.2 Å². The number of nitrogens with one attached hydrogen (secondary N) is 2. The Morgan fingerprint density at radius 1 is 1.22 bits per heavy atom. The quantitative estimate of drug-likeness (QED) is 0.810. The first kappa shape index (κ1) is 17.0. The first-order valence-electron chi connectivity index (χ1n) is 6.63. The summed E-state index contributed by atoms with van der Waals surface area (Å²) in [6, 6.07) is 7.81. The highest BCUT2D eigenvalue weighted by molar-refractivity contribution is 6.44. The molecule has 0 aliphatic heterocycles. The Kier molecular flexibility index (Phi) is 5.73. The van der Waals surface area contributed by atoms with Crippen LogP contribution in [0.1, 0.15) is 20.8 Å². The van der Waals surface area contributed by atoms with E-state index in [2.05, 4.69) is 22.2 Å². The number of aromatic nitrogens is 1. The molecule has 0 bridgehead atoms. The highest BCUT2D eigenvalue weighted by Crippen LogP contribution is 2.29. The second kappa shape index (κ2) is 7.76. The molecule has 0 saturated heterocycles. The van der Waals surface area contributed by atoms with Gasteiger partial charge in [-0.3, -0.25) is 14.6 Å². The second-order valence-corrected chi connectivity index (χ2v) is 5.27. The Hall–Kier alpha value is -2.37. The van der Waals surface area contributed by atoms with Gasteiger partial charge in [-0.1, -0.05) is 35.3 Å². The molecule has 0 saturated carbocycles. The molecule has 1 aromatic heterocycles. The Balaban J connectivity index is 2.18. The van der Waals surface area contributed by atoms with E-state index in [0.717, 1.165) is 0 Å². The lowest BCUT2D eigenvalue weighted by Gasteiger charge is -2.09. The van der Waals surface area contributed by atoms with E-state index in [0.29, 0.717) is 17.3 Å². The van der Waals surface area contributed by atoms with Crippen molar-refractivity contribution in [3.63, 3.8) is 0 Å². The maximum atomic E-state index is 12.3. The van der Waals surface area contributed by atoms with Crippen LogP contribution in [0.4, 0.5) is 5.69 Å². The van der Waals surface area contributed by atoms with E-state index in [-0.39, 0.29) is 22.2 Å². The molecule has 1 aromatic carbocycles. The number of hydrogen-bond donors (Lipinski definition) is 2. The summed E-state index contributed by atoms with van der Waals surface area (Å²) in [5.41, 5.74) is 0.801. The predicted molar refractivity (Wildman–Crippen MR) is 91.2 cm³/mol. The molecular formula is C16H13Cl2N3O2. The zero-order valence-electron chi connectivity index (χ0n) is 12.0. The summed E-state index contributed by atoms with van der Waals surface area (Å²) in [6.07, 6.45) is 2.94. The summed E-state index contributed by atoms with van der Waals surface area (Å²) in [7, 11) is 0. The topological polar surface area (TPSA) is 71.1 Å². The van der Waals surface area contributed by atoms with Crippen LogP contribution in [-0.2, 0) is 0 Å². The SMILES string of the molecule is C=CCNC(=O)c1cc(C(=O)Nc2cccc(Cl)c2Cl)ccn1. The minimum Gasteiger partial charge on any atom is -0.347 e. The number of amides is 2. The highest BCUT2D eigenvalue weighted by Gasteiger charge is 2.13. The lowest BCUT2D eigenvalue weighted by atomic mass is 10.2. The summed E-state index contributed by atoms with van der Waals surface area (Å²) >= 11 is 11.9. The van der Waals surface area contributed by atoms with Crippen molar-refractivity contribution in [2.75, 3.05) is 11.9 Å². The molecule has 0 spiro atoms. The lowest BCUT2D eigenvalue weighted by molar-refractivity contribution is 0.0953. The number of nitrogens with zero attached hydrogens (tertiary/aromatic N) is 1. The van der Waals surface area contributed by atoms with Gasteiger partial charge < -0.3 is 10.6 Å². The molecule has 0 aliphatic rings. The third kappa shape index (κ3) is 4.31. The molecule has 0 unspecified atom stereocenters. The number of pyridine rings is 1. The van der Waals surface area contributed by atoms with Gasteiger partial charge in [0.05, 0.1) is 15.7 Å². The van der Waals surface area contributed by atoms with Crippen molar-refractivity contribution in [2.45, 2.75) is 0 Å². The third-order valence-corrected chi connectivity index (χ3v) is 3.68. The van der Waals surface area contributed by atoms with Crippen LogP contribution in [0.3, 0.4) is 0 Å². The number of halogens is 2. The van der Waals surface area contributed by atoms with E-state index in [1.54, 1.807) is 24.3 Å². The molecule has 0 aliphatic carbocycles. The van der Waals surface area contributed by atoms with Crippen LogP contribution >= 0.6 is 23.2 Å². The summed E-state index contributed by atoms with van der Waals surface area (Å²) < 4.78 is 0. The fourth-order valence-corrected chi connectivity index (χ4v) is 2.09. The minimum absolute atomic E-state index is 0.136. The van der Waals surface area contributed by atoms with Crippen molar-refractivity contribution >= 4 is 40.7 Å². The third-order valence-electron chi connectivity index (χ3n) is 2.86. The average molecular weight is 350 g/mol. The smallest absolute Gasteiger partial charge is 0.270 e. The molecule has 2 rings (SSSR count). The number of anilines is 1. The van der Waals surface area contributed by atoms with Gasteiger partial charge in [0.15, 0.2) is 0 Å². The van der Waals surface area contributed by atoms with Crippen LogP contribution in [0, 0.1) is 0 Å². The van der Waals surface area contributed by atoms with Crippen molar-refractivity contribution in [3.05, 3.63) is 70.5 Å². The number of benzene rings is 1. The van der Waals surface area contributed by atoms with E-state index < -0.39 is 5.91 Å². The Morgan fingerprint density at radius 2 is 2.00 bits per heavy atom. The van der Waals surface area contributed by atoms with Gasteiger partial charge in [0.1, 0.15) is 5.69 Å². The molecule has 0 fully saturated rings. The molecule has 7 heteroatoms.